The average molecular weight is 547 g/mol. The number of halogens is 3. The maximum atomic E-state index is 12.2. The summed E-state index contributed by atoms with van der Waals surface area (Å²) in [4.78, 5) is 12.2. The lowest BCUT2D eigenvalue weighted by molar-refractivity contribution is -0.689. The van der Waals surface area contributed by atoms with Gasteiger partial charge in [0.25, 0.3) is 5.82 Å². The Bertz CT molecular complexity index is 571. The van der Waals surface area contributed by atoms with Crippen molar-refractivity contribution in [3.05, 3.63) is 49.1 Å². The van der Waals surface area contributed by atoms with E-state index < -0.39 is 0 Å². The van der Waals surface area contributed by atoms with E-state index in [2.05, 4.69) is 54.3 Å². The summed E-state index contributed by atoms with van der Waals surface area (Å²) < 4.78 is 6.42. The summed E-state index contributed by atoms with van der Waals surface area (Å²) in [6.07, 6.45) is 0. The third kappa shape index (κ3) is 3.57. The average Bonchev–Trinajstić information content (AvgIpc) is 2.57. The van der Waals surface area contributed by atoms with Crippen molar-refractivity contribution >= 4 is 51.0 Å². The van der Waals surface area contributed by atoms with Crippen LogP contribution in [0, 0.1) is 14.3 Å². The van der Waals surface area contributed by atoms with Crippen molar-refractivity contribution in [3.8, 4) is 0 Å². The minimum atomic E-state index is 0. The molecule has 0 spiro atoms. The van der Waals surface area contributed by atoms with Gasteiger partial charge in [-0.1, -0.05) is 30.3 Å². The number of imidazole rings is 1. The van der Waals surface area contributed by atoms with Crippen molar-refractivity contribution in [1.29, 1.82) is 0 Å². The Morgan fingerprint density at radius 3 is 2.32 bits per heavy atom. The van der Waals surface area contributed by atoms with Crippen molar-refractivity contribution in [1.82, 2.24) is 4.57 Å². The van der Waals surface area contributed by atoms with Crippen molar-refractivity contribution < 1.29 is 26.3 Å². The molecule has 19 heavy (non-hydrogen) atoms. The number of rotatable bonds is 3. The first kappa shape index (κ1) is 17.1. The number of aromatic nitrogens is 2. The van der Waals surface area contributed by atoms with Crippen LogP contribution >= 0.6 is 45.2 Å². The van der Waals surface area contributed by atoms with Crippen LogP contribution in [-0.2, 0) is 13.6 Å². The lowest BCUT2D eigenvalue weighted by Gasteiger charge is -2.00. The molecular weight excluding hydrogens is 534 g/mol. The number of Topliss-reactive ketones (excluding diaryl/α,β-unsaturated/α-hetero) is 1. The minimum absolute atomic E-state index is 0. The standard InChI is InChI=1S/C13H13I2N2O.BrH/c1-9-16(2)12(14)13(15)17(9)8-11(18)10-6-4-3-5-7-10;/h3-7H,8H2,1-2H3;1H/q+1;/p-1. The Morgan fingerprint density at radius 2 is 1.84 bits per heavy atom. The Morgan fingerprint density at radius 1 is 1.26 bits per heavy atom. The van der Waals surface area contributed by atoms with Gasteiger partial charge in [0.05, 0.1) is 7.05 Å². The van der Waals surface area contributed by atoms with Crippen LogP contribution in [-0.4, -0.2) is 10.4 Å². The van der Waals surface area contributed by atoms with E-state index in [1.165, 1.54) is 0 Å². The number of ketones is 1. The van der Waals surface area contributed by atoms with E-state index in [0.717, 1.165) is 18.8 Å². The summed E-state index contributed by atoms with van der Waals surface area (Å²) in [5, 5.41) is 0. The quantitative estimate of drug-likeness (QED) is 0.295. The summed E-state index contributed by atoms with van der Waals surface area (Å²) in [5.74, 6) is 1.23. The van der Waals surface area contributed by atoms with Crippen molar-refractivity contribution in [3.63, 3.8) is 0 Å². The van der Waals surface area contributed by atoms with Gasteiger partial charge in [0.15, 0.2) is 6.54 Å². The summed E-state index contributed by atoms with van der Waals surface area (Å²) in [5.41, 5.74) is 0.763. The van der Waals surface area contributed by atoms with Crippen LogP contribution in [0.5, 0.6) is 0 Å². The Labute approximate surface area is 150 Å². The molecule has 2 rings (SSSR count). The molecule has 0 atom stereocenters. The topological polar surface area (TPSA) is 25.9 Å². The van der Waals surface area contributed by atoms with Crippen molar-refractivity contribution in [2.45, 2.75) is 13.5 Å². The molecule has 0 radical (unpaired) electrons. The van der Waals surface area contributed by atoms with Crippen LogP contribution in [0.1, 0.15) is 16.2 Å². The smallest absolute Gasteiger partial charge is 0.255 e. The molecule has 1 aromatic heterocycles. The number of nitrogens with zero attached hydrogens (tertiary/aromatic N) is 2. The van der Waals surface area contributed by atoms with Gasteiger partial charge in [-0.05, 0) is 0 Å². The number of carbonyl (C=O) groups is 1. The van der Waals surface area contributed by atoms with Crippen LogP contribution in [0.3, 0.4) is 0 Å². The van der Waals surface area contributed by atoms with Gasteiger partial charge in [-0.3, -0.25) is 4.79 Å². The molecule has 0 bridgehead atoms. The first-order valence-electron chi connectivity index (χ1n) is 5.50. The highest BCUT2D eigenvalue weighted by atomic mass is 127. The van der Waals surface area contributed by atoms with Crippen molar-refractivity contribution in [2.24, 2.45) is 7.05 Å². The highest BCUT2D eigenvalue weighted by molar-refractivity contribution is 14.1. The van der Waals surface area contributed by atoms with E-state index in [4.69, 9.17) is 0 Å². The van der Waals surface area contributed by atoms with Crippen LogP contribution in [0.15, 0.2) is 30.3 Å². The number of carbonyl (C=O) groups excluding carboxylic acids is 1. The molecule has 6 heteroatoms. The lowest BCUT2D eigenvalue weighted by atomic mass is 10.1. The number of hydrogen-bond acceptors (Lipinski definition) is 1. The molecule has 0 amide bonds. The maximum absolute atomic E-state index is 12.2. The Hall–Kier alpha value is 0.0400. The maximum Gasteiger partial charge on any atom is 0.255 e. The van der Waals surface area contributed by atoms with Gasteiger partial charge in [-0.2, -0.15) is 0 Å². The normalized spacial score (nSPS) is 10.1. The predicted molar refractivity (Wildman–Crippen MR) is 86.6 cm³/mol. The third-order valence-electron chi connectivity index (χ3n) is 2.98. The monoisotopic (exact) mass is 546 g/mol. The van der Waals surface area contributed by atoms with Gasteiger partial charge < -0.3 is 17.0 Å². The van der Waals surface area contributed by atoms with Crippen LogP contribution in [0.25, 0.3) is 0 Å². The third-order valence-corrected chi connectivity index (χ3v) is 6.34. The second kappa shape index (κ2) is 7.16. The van der Waals surface area contributed by atoms with Gasteiger partial charge >= 0.3 is 0 Å². The molecule has 102 valence electrons. The molecule has 0 unspecified atom stereocenters. The molecule has 0 saturated heterocycles. The Balaban J connectivity index is 0.00000180. The zero-order valence-corrected chi connectivity index (χ0v) is 16.4. The molecule has 2 aromatic rings. The fourth-order valence-electron chi connectivity index (χ4n) is 1.76. The van der Waals surface area contributed by atoms with E-state index in [9.17, 15) is 4.79 Å². The fourth-order valence-corrected chi connectivity index (χ4v) is 3.28. The molecule has 3 nitrogen and oxygen atoms in total. The summed E-state index contributed by atoms with van der Waals surface area (Å²) in [7, 11) is 2.02. The van der Waals surface area contributed by atoms with Gasteiger partial charge in [0.1, 0.15) is 0 Å². The van der Waals surface area contributed by atoms with E-state index in [1.807, 2.05) is 44.3 Å². The molecular formula is C13H13BrI2N2O. The molecule has 1 heterocycles. The second-order valence-electron chi connectivity index (χ2n) is 4.06. The van der Waals surface area contributed by atoms with Crippen molar-refractivity contribution in [2.75, 3.05) is 0 Å². The van der Waals surface area contributed by atoms with E-state index in [-0.39, 0.29) is 22.8 Å². The molecule has 0 fully saturated rings. The van der Waals surface area contributed by atoms with Gasteiger partial charge in [-0.15, -0.1) is 0 Å². The summed E-state index contributed by atoms with van der Waals surface area (Å²) in [6.45, 7) is 2.42. The molecule has 0 aliphatic heterocycles. The minimum Gasteiger partial charge on any atom is -1.00 e. The van der Waals surface area contributed by atoms with Gasteiger partial charge in [-0.25, -0.2) is 9.13 Å². The van der Waals surface area contributed by atoms with Crippen LogP contribution in [0.2, 0.25) is 0 Å². The Kier molecular flexibility index (Phi) is 6.44. The molecule has 0 aliphatic carbocycles. The molecule has 1 aromatic carbocycles. The number of hydrogen-bond donors (Lipinski definition) is 0. The fraction of sp³-hybridized carbons (Fsp3) is 0.231. The van der Waals surface area contributed by atoms with Gasteiger partial charge in [0, 0.05) is 57.7 Å². The van der Waals surface area contributed by atoms with Crippen LogP contribution < -0.4 is 21.5 Å². The first-order valence-corrected chi connectivity index (χ1v) is 7.66. The van der Waals surface area contributed by atoms with Gasteiger partial charge in [0.2, 0.25) is 13.2 Å². The first-order chi connectivity index (χ1) is 8.52. The molecule has 0 N–H and O–H groups in total. The summed E-state index contributed by atoms with van der Waals surface area (Å²) >= 11 is 4.59. The second-order valence-corrected chi connectivity index (χ2v) is 6.11. The summed E-state index contributed by atoms with van der Waals surface area (Å²) in [6, 6.07) is 9.43. The predicted octanol–water partition coefficient (Wildman–Crippen LogP) is -0.283. The van der Waals surface area contributed by atoms with E-state index >= 15 is 0 Å². The van der Waals surface area contributed by atoms with Crippen LogP contribution in [0.4, 0.5) is 0 Å². The highest BCUT2D eigenvalue weighted by Crippen LogP contribution is 2.15. The number of benzene rings is 1. The molecule has 0 aliphatic rings. The zero-order valence-electron chi connectivity index (χ0n) is 10.5. The largest absolute Gasteiger partial charge is 1.00 e. The van der Waals surface area contributed by atoms with E-state index in [1.54, 1.807) is 0 Å². The SMILES string of the molecule is Cc1n(CC(=O)c2ccccc2)c(I)c(I)[n+]1C.[Br-]. The van der Waals surface area contributed by atoms with E-state index in [0.29, 0.717) is 6.54 Å². The lowest BCUT2D eigenvalue weighted by Crippen LogP contribution is -3.00. The zero-order chi connectivity index (χ0) is 13.3. The molecule has 0 saturated carbocycles. The highest BCUT2D eigenvalue weighted by Gasteiger charge is 2.24.